The molecule has 4 nitrogen and oxygen atoms in total. The Hall–Kier alpha value is -2.20. The van der Waals surface area contributed by atoms with Crippen LogP contribution in [0.1, 0.15) is 37.3 Å². The van der Waals surface area contributed by atoms with E-state index in [4.69, 9.17) is 21.4 Å². The number of benzene rings is 2. The summed E-state index contributed by atoms with van der Waals surface area (Å²) in [4.78, 5) is 0. The van der Waals surface area contributed by atoms with Gasteiger partial charge >= 0.3 is 0 Å². The molecule has 5 heteroatoms. The largest absolute Gasteiger partial charge is 0.497 e. The molecule has 0 bridgehead atoms. The summed E-state index contributed by atoms with van der Waals surface area (Å²) < 4.78 is 7.40. The number of ether oxygens (including phenoxy) is 1. The topological polar surface area (TPSA) is 39.1 Å². The first-order valence-corrected chi connectivity index (χ1v) is 9.17. The Kier molecular flexibility index (Phi) is 4.53. The van der Waals surface area contributed by atoms with Crippen molar-refractivity contribution < 1.29 is 4.74 Å². The van der Waals surface area contributed by atoms with E-state index < -0.39 is 0 Å². The van der Waals surface area contributed by atoms with E-state index in [1.807, 2.05) is 24.3 Å². The lowest BCUT2D eigenvalue weighted by molar-refractivity contribution is 0.414. The highest BCUT2D eigenvalue weighted by Gasteiger charge is 2.21. The van der Waals surface area contributed by atoms with Gasteiger partial charge in [-0.05, 0) is 48.7 Å². The Balaban J connectivity index is 1.62. The maximum Gasteiger partial charge on any atom is 0.156 e. The van der Waals surface area contributed by atoms with Crippen LogP contribution in [0.25, 0.3) is 10.9 Å². The van der Waals surface area contributed by atoms with Gasteiger partial charge < -0.3 is 10.1 Å². The quantitative estimate of drug-likeness (QED) is 0.663. The van der Waals surface area contributed by atoms with Crippen molar-refractivity contribution in [3.63, 3.8) is 0 Å². The minimum absolute atomic E-state index is 0.500. The number of aromatic nitrogens is 2. The normalized spacial score (nSPS) is 15.0. The van der Waals surface area contributed by atoms with Crippen LogP contribution in [0.3, 0.4) is 0 Å². The summed E-state index contributed by atoms with van der Waals surface area (Å²) in [6.45, 7) is 0.716. The van der Waals surface area contributed by atoms with Crippen molar-refractivity contribution in [2.45, 2.75) is 38.3 Å². The number of hydrogen-bond acceptors (Lipinski definition) is 3. The molecule has 130 valence electrons. The molecule has 0 saturated heterocycles. The van der Waals surface area contributed by atoms with Crippen LogP contribution in [-0.2, 0) is 6.54 Å². The van der Waals surface area contributed by atoms with Crippen LogP contribution in [0, 0.1) is 0 Å². The molecule has 2 aromatic carbocycles. The fourth-order valence-corrected chi connectivity index (χ4v) is 3.77. The first-order chi connectivity index (χ1) is 12.2. The molecule has 1 fully saturated rings. The third-order valence-corrected chi connectivity index (χ3v) is 5.19. The number of nitrogens with one attached hydrogen (secondary N) is 1. The predicted octanol–water partition coefficient (Wildman–Crippen LogP) is 5.43. The lowest BCUT2D eigenvalue weighted by atomic mass is 10.2. The van der Waals surface area contributed by atoms with Gasteiger partial charge in [-0.2, -0.15) is 5.10 Å². The van der Waals surface area contributed by atoms with Gasteiger partial charge in [-0.1, -0.05) is 36.6 Å². The van der Waals surface area contributed by atoms with Crippen molar-refractivity contribution in [3.05, 3.63) is 53.1 Å². The summed E-state index contributed by atoms with van der Waals surface area (Å²) in [7, 11) is 1.68. The van der Waals surface area contributed by atoms with Crippen LogP contribution in [0.2, 0.25) is 5.02 Å². The van der Waals surface area contributed by atoms with Crippen molar-refractivity contribution in [1.29, 1.82) is 0 Å². The zero-order chi connectivity index (χ0) is 17.2. The number of fused-ring (bicyclic) bond motifs is 1. The fraction of sp³-hybridized carbons (Fsp3) is 0.350. The van der Waals surface area contributed by atoms with Crippen LogP contribution in [0.15, 0.2) is 42.5 Å². The summed E-state index contributed by atoms with van der Waals surface area (Å²) in [5.41, 5.74) is 2.35. The van der Waals surface area contributed by atoms with Crippen molar-refractivity contribution in [2.24, 2.45) is 0 Å². The third-order valence-electron chi connectivity index (χ3n) is 4.96. The molecule has 1 aliphatic carbocycles. The van der Waals surface area contributed by atoms with Crippen LogP contribution in [0.4, 0.5) is 5.82 Å². The van der Waals surface area contributed by atoms with Gasteiger partial charge in [-0.15, -0.1) is 0 Å². The van der Waals surface area contributed by atoms with Crippen molar-refractivity contribution in [3.8, 4) is 5.75 Å². The lowest BCUT2D eigenvalue weighted by Gasteiger charge is -2.11. The Morgan fingerprint density at radius 3 is 2.64 bits per heavy atom. The SMILES string of the molecule is COc1ccc(CNc2nn(C3CCCC3)c3ccc(Cl)cc23)cc1. The number of nitrogens with zero attached hydrogens (tertiary/aromatic N) is 2. The molecule has 1 saturated carbocycles. The van der Waals surface area contributed by atoms with Crippen LogP contribution in [-0.4, -0.2) is 16.9 Å². The van der Waals surface area contributed by atoms with Crippen LogP contribution in [0.5, 0.6) is 5.75 Å². The Morgan fingerprint density at radius 2 is 1.92 bits per heavy atom. The molecular weight excluding hydrogens is 334 g/mol. The Morgan fingerprint density at radius 1 is 1.16 bits per heavy atom. The first-order valence-electron chi connectivity index (χ1n) is 8.79. The molecule has 3 aromatic rings. The average Bonchev–Trinajstić information content (AvgIpc) is 3.28. The molecule has 1 aromatic heterocycles. The minimum atomic E-state index is 0.500. The van der Waals surface area contributed by atoms with Crippen molar-refractivity contribution in [2.75, 3.05) is 12.4 Å². The molecule has 0 radical (unpaired) electrons. The maximum absolute atomic E-state index is 6.23. The second kappa shape index (κ2) is 6.96. The van der Waals surface area contributed by atoms with E-state index in [9.17, 15) is 0 Å². The third kappa shape index (κ3) is 3.31. The van der Waals surface area contributed by atoms with Crippen molar-refractivity contribution >= 4 is 28.3 Å². The van der Waals surface area contributed by atoms with E-state index >= 15 is 0 Å². The van der Waals surface area contributed by atoms with Gasteiger partial charge in [0.05, 0.1) is 18.7 Å². The highest BCUT2D eigenvalue weighted by molar-refractivity contribution is 6.31. The number of methoxy groups -OCH3 is 1. The molecule has 1 aliphatic rings. The zero-order valence-corrected chi connectivity index (χ0v) is 15.1. The monoisotopic (exact) mass is 355 g/mol. The molecule has 4 rings (SSSR count). The summed E-state index contributed by atoms with van der Waals surface area (Å²) in [5.74, 6) is 1.77. The van der Waals surface area contributed by atoms with E-state index in [0.717, 1.165) is 27.5 Å². The van der Waals surface area contributed by atoms with E-state index in [1.54, 1.807) is 7.11 Å². The first kappa shape index (κ1) is 16.3. The summed E-state index contributed by atoms with van der Waals surface area (Å²) in [6, 6.07) is 14.6. The van der Waals surface area contributed by atoms with Gasteiger partial charge in [0.2, 0.25) is 0 Å². The second-order valence-corrected chi connectivity index (χ2v) is 7.03. The van der Waals surface area contributed by atoms with Crippen molar-refractivity contribution in [1.82, 2.24) is 9.78 Å². The summed E-state index contributed by atoms with van der Waals surface area (Å²) >= 11 is 6.23. The van der Waals surface area contributed by atoms with Gasteiger partial charge in [0.1, 0.15) is 5.75 Å². The zero-order valence-electron chi connectivity index (χ0n) is 14.3. The van der Waals surface area contributed by atoms with Gasteiger partial charge in [-0.3, -0.25) is 4.68 Å². The summed E-state index contributed by atoms with van der Waals surface area (Å²) in [6.07, 6.45) is 4.98. The molecule has 0 aliphatic heterocycles. The van der Waals surface area contributed by atoms with Gasteiger partial charge in [0.15, 0.2) is 5.82 Å². The maximum atomic E-state index is 6.23. The summed E-state index contributed by atoms with van der Waals surface area (Å²) in [5, 5.41) is 10.2. The molecular formula is C20H22ClN3O. The van der Waals surface area contributed by atoms with E-state index in [-0.39, 0.29) is 0 Å². The van der Waals surface area contributed by atoms with Gasteiger partial charge in [0, 0.05) is 17.0 Å². The van der Waals surface area contributed by atoms with E-state index in [2.05, 4.69) is 28.2 Å². The number of halogens is 1. The predicted molar refractivity (Wildman–Crippen MR) is 103 cm³/mol. The standard InChI is InChI=1S/C20H22ClN3O/c1-25-17-9-6-14(7-10-17)13-22-20-18-12-15(21)8-11-19(18)24(23-20)16-4-2-3-5-16/h6-12,16H,2-5,13H2,1H3,(H,22,23). The fourth-order valence-electron chi connectivity index (χ4n) is 3.60. The number of hydrogen-bond donors (Lipinski definition) is 1. The molecule has 25 heavy (non-hydrogen) atoms. The lowest BCUT2D eigenvalue weighted by Crippen LogP contribution is -2.07. The van der Waals surface area contributed by atoms with E-state index in [0.29, 0.717) is 12.6 Å². The second-order valence-electron chi connectivity index (χ2n) is 6.59. The number of anilines is 1. The molecule has 0 amide bonds. The highest BCUT2D eigenvalue weighted by Crippen LogP contribution is 2.35. The molecule has 0 spiro atoms. The Bertz CT molecular complexity index is 867. The molecule has 0 unspecified atom stereocenters. The minimum Gasteiger partial charge on any atom is -0.497 e. The average molecular weight is 356 g/mol. The molecule has 1 heterocycles. The molecule has 0 atom stereocenters. The Labute approximate surface area is 152 Å². The highest BCUT2D eigenvalue weighted by atomic mass is 35.5. The number of rotatable bonds is 5. The van der Waals surface area contributed by atoms with Gasteiger partial charge in [0.25, 0.3) is 0 Å². The van der Waals surface area contributed by atoms with Gasteiger partial charge in [-0.25, -0.2) is 0 Å². The smallest absolute Gasteiger partial charge is 0.156 e. The molecule has 1 N–H and O–H groups in total. The van der Waals surface area contributed by atoms with E-state index in [1.165, 1.54) is 31.2 Å². The van der Waals surface area contributed by atoms with Crippen LogP contribution >= 0.6 is 11.6 Å². The van der Waals surface area contributed by atoms with Crippen LogP contribution < -0.4 is 10.1 Å².